The maximum Gasteiger partial charge on any atom is 0.416 e. The predicted molar refractivity (Wildman–Crippen MR) is 96.3 cm³/mol. The molecule has 0 aromatic heterocycles. The van der Waals surface area contributed by atoms with E-state index < -0.39 is 34.2 Å². The molecule has 0 saturated heterocycles. The number of benzene rings is 2. The highest BCUT2D eigenvalue weighted by Gasteiger charge is 2.33. The van der Waals surface area contributed by atoms with Crippen LogP contribution in [0.2, 0.25) is 0 Å². The molecule has 7 nitrogen and oxygen atoms in total. The van der Waals surface area contributed by atoms with Crippen molar-refractivity contribution in [1.29, 1.82) is 0 Å². The predicted octanol–water partition coefficient (Wildman–Crippen LogP) is 4.06. The van der Waals surface area contributed by atoms with Gasteiger partial charge in [0.1, 0.15) is 0 Å². The van der Waals surface area contributed by atoms with Gasteiger partial charge in [-0.2, -0.15) is 13.2 Å². The van der Waals surface area contributed by atoms with E-state index in [0.717, 1.165) is 29.2 Å². The van der Waals surface area contributed by atoms with E-state index in [-0.39, 0.29) is 29.8 Å². The number of alkyl halides is 3. The molecule has 0 bridgehead atoms. The van der Waals surface area contributed by atoms with E-state index in [9.17, 15) is 32.9 Å². The number of nitrogens with zero attached hydrogens (tertiary/aromatic N) is 2. The summed E-state index contributed by atoms with van der Waals surface area (Å²) in [7, 11) is 1.26. The van der Waals surface area contributed by atoms with Crippen molar-refractivity contribution in [3.63, 3.8) is 0 Å². The summed E-state index contributed by atoms with van der Waals surface area (Å²) in [6, 6.07) is 7.82. The third-order valence-corrected chi connectivity index (χ3v) is 3.96. The molecular weight excluding hydrogens is 393 g/mol. The smallest absolute Gasteiger partial charge is 0.416 e. The first-order chi connectivity index (χ1) is 13.5. The number of hydrogen-bond acceptors (Lipinski definition) is 5. The molecule has 0 aliphatic rings. The van der Waals surface area contributed by atoms with Gasteiger partial charge in [-0.15, -0.1) is 0 Å². The number of ether oxygens (including phenoxy) is 1. The van der Waals surface area contributed by atoms with Crippen molar-refractivity contribution in [2.45, 2.75) is 19.6 Å². The van der Waals surface area contributed by atoms with Gasteiger partial charge in [-0.25, -0.2) is 4.79 Å². The van der Waals surface area contributed by atoms with Crippen molar-refractivity contribution in [2.24, 2.45) is 0 Å². The SMILES string of the molecule is CCOC(=O)c1cc(C(=O)N(C)Cc2ccccc2C(F)(F)F)cc([N+](=O)[O-])c1. The first kappa shape index (κ1) is 21.9. The number of halogens is 3. The minimum Gasteiger partial charge on any atom is -0.462 e. The number of esters is 1. The molecule has 2 rings (SSSR count). The second kappa shape index (κ2) is 8.72. The summed E-state index contributed by atoms with van der Waals surface area (Å²) in [4.78, 5) is 35.9. The zero-order valence-corrected chi connectivity index (χ0v) is 15.5. The van der Waals surface area contributed by atoms with Crippen LogP contribution in [0.5, 0.6) is 0 Å². The van der Waals surface area contributed by atoms with Gasteiger partial charge in [0.2, 0.25) is 0 Å². The van der Waals surface area contributed by atoms with Crippen molar-refractivity contribution in [3.8, 4) is 0 Å². The van der Waals surface area contributed by atoms with Crippen LogP contribution in [0.4, 0.5) is 18.9 Å². The largest absolute Gasteiger partial charge is 0.462 e. The number of rotatable bonds is 6. The molecule has 0 aliphatic heterocycles. The summed E-state index contributed by atoms with van der Waals surface area (Å²) in [6.45, 7) is 1.19. The molecule has 1 amide bonds. The van der Waals surface area contributed by atoms with Crippen LogP contribution in [-0.2, 0) is 17.5 Å². The Bertz CT molecular complexity index is 944. The molecule has 2 aromatic carbocycles. The van der Waals surface area contributed by atoms with Crippen LogP contribution >= 0.6 is 0 Å². The van der Waals surface area contributed by atoms with E-state index in [1.165, 1.54) is 25.2 Å². The third kappa shape index (κ3) is 5.31. The Labute approximate surface area is 163 Å². The van der Waals surface area contributed by atoms with Gasteiger partial charge >= 0.3 is 12.1 Å². The molecule has 2 aromatic rings. The van der Waals surface area contributed by atoms with Gasteiger partial charge < -0.3 is 9.64 Å². The summed E-state index contributed by atoms with van der Waals surface area (Å²) >= 11 is 0. The highest BCUT2D eigenvalue weighted by molar-refractivity contribution is 5.98. The molecular formula is C19H17F3N2O5. The third-order valence-electron chi connectivity index (χ3n) is 3.96. The molecule has 0 heterocycles. The van der Waals surface area contributed by atoms with E-state index in [1.807, 2.05) is 0 Å². The molecule has 29 heavy (non-hydrogen) atoms. The van der Waals surface area contributed by atoms with E-state index in [0.29, 0.717) is 0 Å². The fourth-order valence-corrected chi connectivity index (χ4v) is 2.65. The molecule has 0 spiro atoms. The molecule has 0 unspecified atom stereocenters. The number of carbonyl (C=O) groups is 2. The minimum absolute atomic E-state index is 0.0267. The summed E-state index contributed by atoms with van der Waals surface area (Å²) in [5.74, 6) is -1.63. The normalized spacial score (nSPS) is 11.1. The first-order valence-corrected chi connectivity index (χ1v) is 8.41. The summed E-state index contributed by atoms with van der Waals surface area (Å²) < 4.78 is 44.2. The van der Waals surface area contributed by atoms with Crippen LogP contribution in [0.3, 0.4) is 0 Å². The van der Waals surface area contributed by atoms with Gasteiger partial charge in [-0.3, -0.25) is 14.9 Å². The second-order valence-corrected chi connectivity index (χ2v) is 6.06. The maximum atomic E-state index is 13.1. The summed E-state index contributed by atoms with van der Waals surface area (Å²) in [5.41, 5.74) is -1.94. The Balaban J connectivity index is 2.37. The number of nitro groups is 1. The molecule has 0 radical (unpaired) electrons. The molecule has 0 atom stereocenters. The first-order valence-electron chi connectivity index (χ1n) is 8.41. The Kier molecular flexibility index (Phi) is 6.57. The Morgan fingerprint density at radius 2 is 1.76 bits per heavy atom. The number of carbonyl (C=O) groups excluding carboxylic acids is 2. The average Bonchev–Trinajstić information content (AvgIpc) is 2.66. The lowest BCUT2D eigenvalue weighted by molar-refractivity contribution is -0.384. The number of non-ortho nitro benzene ring substituents is 1. The van der Waals surface area contributed by atoms with Gasteiger partial charge in [-0.1, -0.05) is 18.2 Å². The van der Waals surface area contributed by atoms with Crippen LogP contribution in [-0.4, -0.2) is 35.4 Å². The van der Waals surface area contributed by atoms with Crippen molar-refractivity contribution in [3.05, 3.63) is 74.8 Å². The molecule has 0 saturated carbocycles. The van der Waals surface area contributed by atoms with Crippen molar-refractivity contribution in [1.82, 2.24) is 4.90 Å². The van der Waals surface area contributed by atoms with Crippen molar-refractivity contribution >= 4 is 17.6 Å². The zero-order valence-electron chi connectivity index (χ0n) is 15.5. The minimum atomic E-state index is -4.59. The van der Waals surface area contributed by atoms with Crippen molar-refractivity contribution < 1.29 is 32.4 Å². The van der Waals surface area contributed by atoms with Gasteiger partial charge in [-0.05, 0) is 24.6 Å². The van der Waals surface area contributed by atoms with Crippen LogP contribution in [0.1, 0.15) is 38.8 Å². The second-order valence-electron chi connectivity index (χ2n) is 6.06. The standard InChI is InChI=1S/C19H17F3N2O5/c1-3-29-18(26)14-8-13(9-15(10-14)24(27)28)17(25)23(2)11-12-6-4-5-7-16(12)19(20,21)22/h4-10H,3,11H2,1-2H3. The van der Waals surface area contributed by atoms with Crippen LogP contribution < -0.4 is 0 Å². The Morgan fingerprint density at radius 1 is 1.14 bits per heavy atom. The van der Waals surface area contributed by atoms with Crippen LogP contribution in [0, 0.1) is 10.1 Å². The summed E-state index contributed by atoms with van der Waals surface area (Å²) in [6.07, 6.45) is -4.59. The van der Waals surface area contributed by atoms with Gasteiger partial charge in [0, 0.05) is 31.3 Å². The molecule has 0 aliphatic carbocycles. The maximum absolute atomic E-state index is 13.1. The zero-order chi connectivity index (χ0) is 21.8. The van der Waals surface area contributed by atoms with Crippen LogP contribution in [0.25, 0.3) is 0 Å². The number of hydrogen-bond donors (Lipinski definition) is 0. The average molecular weight is 410 g/mol. The Morgan fingerprint density at radius 3 is 2.34 bits per heavy atom. The van der Waals surface area contributed by atoms with Gasteiger partial charge in [0.05, 0.1) is 22.7 Å². The summed E-state index contributed by atoms with van der Waals surface area (Å²) in [5, 5.41) is 11.1. The lowest BCUT2D eigenvalue weighted by Crippen LogP contribution is -2.27. The van der Waals surface area contributed by atoms with E-state index in [1.54, 1.807) is 6.92 Å². The highest BCUT2D eigenvalue weighted by Crippen LogP contribution is 2.32. The number of nitro benzene ring substituents is 1. The quantitative estimate of drug-likeness (QED) is 0.407. The molecule has 0 fully saturated rings. The van der Waals surface area contributed by atoms with E-state index in [4.69, 9.17) is 4.74 Å². The molecule has 154 valence electrons. The van der Waals surface area contributed by atoms with Crippen molar-refractivity contribution in [2.75, 3.05) is 13.7 Å². The molecule has 10 heteroatoms. The fraction of sp³-hybridized carbons (Fsp3) is 0.263. The van der Waals surface area contributed by atoms with Gasteiger partial charge in [0.15, 0.2) is 0 Å². The highest BCUT2D eigenvalue weighted by atomic mass is 19.4. The fourth-order valence-electron chi connectivity index (χ4n) is 2.65. The van der Waals surface area contributed by atoms with E-state index >= 15 is 0 Å². The number of amides is 1. The lowest BCUT2D eigenvalue weighted by atomic mass is 10.1. The van der Waals surface area contributed by atoms with Gasteiger partial charge in [0.25, 0.3) is 11.6 Å². The van der Waals surface area contributed by atoms with Crippen LogP contribution in [0.15, 0.2) is 42.5 Å². The topological polar surface area (TPSA) is 89.8 Å². The Hall–Kier alpha value is -3.43. The molecule has 0 N–H and O–H groups in total. The monoisotopic (exact) mass is 410 g/mol. The van der Waals surface area contributed by atoms with E-state index in [2.05, 4.69) is 0 Å². The lowest BCUT2D eigenvalue weighted by Gasteiger charge is -2.20.